The number of aryl methyl sites for hydroxylation is 1. The number of carbonyl (C=O) groups is 1. The number of nitrogens with zero attached hydrogens (tertiary/aromatic N) is 1. The summed E-state index contributed by atoms with van der Waals surface area (Å²) in [6.45, 7) is 6.22. The molecule has 0 aromatic carbocycles. The van der Waals surface area contributed by atoms with Gasteiger partial charge in [-0.1, -0.05) is 0 Å². The molecule has 17 heavy (non-hydrogen) atoms. The predicted octanol–water partition coefficient (Wildman–Crippen LogP) is 0.446. The molecule has 0 radical (unpaired) electrons. The van der Waals surface area contributed by atoms with Gasteiger partial charge in [-0.15, -0.1) is 11.3 Å². The minimum Gasteiger partial charge on any atom is -0.363 e. The van der Waals surface area contributed by atoms with Crippen LogP contribution in [0.3, 0.4) is 0 Å². The summed E-state index contributed by atoms with van der Waals surface area (Å²) in [6.07, 6.45) is 1.81. The van der Waals surface area contributed by atoms with Crippen LogP contribution in [0.4, 0.5) is 0 Å². The lowest BCUT2D eigenvalue weighted by atomic mass is 10.0. The molecule has 0 unspecified atom stereocenters. The normalized spacial score (nSPS) is 17.5. The lowest BCUT2D eigenvalue weighted by molar-refractivity contribution is -0.136. The maximum atomic E-state index is 11.5. The van der Waals surface area contributed by atoms with E-state index in [1.54, 1.807) is 11.3 Å². The van der Waals surface area contributed by atoms with Gasteiger partial charge < -0.3 is 15.4 Å². The van der Waals surface area contributed by atoms with Gasteiger partial charge in [0, 0.05) is 24.2 Å². The number of amides is 1. The van der Waals surface area contributed by atoms with E-state index in [-0.39, 0.29) is 18.1 Å². The fraction of sp³-hybridized carbons (Fsp3) is 0.636. The second-order valence-electron chi connectivity index (χ2n) is 4.48. The van der Waals surface area contributed by atoms with Gasteiger partial charge in [0.05, 0.1) is 12.1 Å². The van der Waals surface area contributed by atoms with Gasteiger partial charge in [-0.25, -0.2) is 4.98 Å². The fourth-order valence-corrected chi connectivity index (χ4v) is 2.25. The molecule has 2 N–H and O–H groups in total. The minimum absolute atomic E-state index is 0.0917. The Kier molecular flexibility index (Phi) is 3.76. The average molecular weight is 255 g/mol. The molecule has 0 aliphatic carbocycles. The Labute approximate surface area is 105 Å². The number of rotatable bonds is 5. The Bertz CT molecular complexity index is 401. The monoisotopic (exact) mass is 255 g/mol. The third-order valence-corrected chi connectivity index (χ3v) is 3.57. The summed E-state index contributed by atoms with van der Waals surface area (Å²) >= 11 is 1.59. The van der Waals surface area contributed by atoms with Crippen molar-refractivity contribution >= 4 is 17.2 Å². The van der Waals surface area contributed by atoms with E-state index in [0.717, 1.165) is 23.0 Å². The Morgan fingerprint density at radius 1 is 1.71 bits per heavy atom. The summed E-state index contributed by atoms with van der Waals surface area (Å²) in [4.78, 5) is 16.9. The Morgan fingerprint density at radius 3 is 3.00 bits per heavy atom. The van der Waals surface area contributed by atoms with Gasteiger partial charge in [-0.3, -0.25) is 4.79 Å². The second kappa shape index (κ2) is 5.12. The van der Waals surface area contributed by atoms with E-state index in [9.17, 15) is 4.79 Å². The van der Waals surface area contributed by atoms with Crippen molar-refractivity contribution in [3.8, 4) is 0 Å². The highest BCUT2D eigenvalue weighted by Gasteiger charge is 2.32. The van der Waals surface area contributed by atoms with E-state index in [0.29, 0.717) is 6.54 Å². The summed E-state index contributed by atoms with van der Waals surface area (Å²) in [5.74, 6) is -0.0917. The van der Waals surface area contributed by atoms with Crippen LogP contribution in [-0.2, 0) is 16.1 Å². The molecule has 0 atom stereocenters. The summed E-state index contributed by atoms with van der Waals surface area (Å²) in [6, 6.07) is 0. The van der Waals surface area contributed by atoms with Crippen LogP contribution >= 0.6 is 11.3 Å². The van der Waals surface area contributed by atoms with Gasteiger partial charge >= 0.3 is 0 Å². The lowest BCUT2D eigenvalue weighted by Gasteiger charge is -2.38. The topological polar surface area (TPSA) is 63.2 Å². The first-order valence-corrected chi connectivity index (χ1v) is 6.42. The van der Waals surface area contributed by atoms with Gasteiger partial charge in [0.2, 0.25) is 5.91 Å². The van der Waals surface area contributed by atoms with Crippen LogP contribution in [-0.4, -0.2) is 36.2 Å². The van der Waals surface area contributed by atoms with Gasteiger partial charge in [-0.2, -0.15) is 0 Å². The Morgan fingerprint density at radius 2 is 2.47 bits per heavy atom. The van der Waals surface area contributed by atoms with E-state index < -0.39 is 0 Å². The fourth-order valence-electron chi connectivity index (χ4n) is 1.53. The molecule has 1 amide bonds. The smallest absolute Gasteiger partial charge is 0.246 e. The minimum atomic E-state index is -0.172. The van der Waals surface area contributed by atoms with Crippen molar-refractivity contribution in [2.75, 3.05) is 19.7 Å². The Hall–Kier alpha value is -0.980. The van der Waals surface area contributed by atoms with Crippen LogP contribution in [0.25, 0.3) is 0 Å². The SMILES string of the molecule is Cc1cnc(CNC(=O)COC2(C)CNC2)s1. The van der Waals surface area contributed by atoms with Crippen molar-refractivity contribution in [2.45, 2.75) is 26.0 Å². The summed E-state index contributed by atoms with van der Waals surface area (Å²) in [7, 11) is 0. The van der Waals surface area contributed by atoms with Crippen molar-refractivity contribution in [1.29, 1.82) is 0 Å². The second-order valence-corrected chi connectivity index (χ2v) is 5.80. The number of ether oxygens (including phenoxy) is 1. The van der Waals surface area contributed by atoms with Crippen molar-refractivity contribution in [2.24, 2.45) is 0 Å². The van der Waals surface area contributed by atoms with Gasteiger partial charge in [0.15, 0.2) is 0 Å². The molecular formula is C11H17N3O2S. The summed E-state index contributed by atoms with van der Waals surface area (Å²) in [5.41, 5.74) is -0.172. The largest absolute Gasteiger partial charge is 0.363 e. The molecule has 1 aliphatic heterocycles. The van der Waals surface area contributed by atoms with E-state index in [1.165, 1.54) is 0 Å². The molecule has 94 valence electrons. The number of hydrogen-bond donors (Lipinski definition) is 2. The molecule has 2 rings (SSSR count). The first-order chi connectivity index (χ1) is 8.07. The summed E-state index contributed by atoms with van der Waals surface area (Å²) in [5, 5.41) is 6.84. The van der Waals surface area contributed by atoms with E-state index in [2.05, 4.69) is 15.6 Å². The van der Waals surface area contributed by atoms with Crippen LogP contribution in [0.2, 0.25) is 0 Å². The zero-order valence-electron chi connectivity index (χ0n) is 10.1. The summed E-state index contributed by atoms with van der Waals surface area (Å²) < 4.78 is 5.53. The lowest BCUT2D eigenvalue weighted by Crippen LogP contribution is -2.59. The molecule has 0 bridgehead atoms. The first kappa shape index (κ1) is 12.5. The van der Waals surface area contributed by atoms with Crippen molar-refractivity contribution < 1.29 is 9.53 Å². The van der Waals surface area contributed by atoms with Crippen LogP contribution in [0.5, 0.6) is 0 Å². The van der Waals surface area contributed by atoms with Crippen molar-refractivity contribution in [1.82, 2.24) is 15.6 Å². The van der Waals surface area contributed by atoms with E-state index >= 15 is 0 Å². The van der Waals surface area contributed by atoms with Gasteiger partial charge in [0.25, 0.3) is 0 Å². The third-order valence-electron chi connectivity index (χ3n) is 2.66. The van der Waals surface area contributed by atoms with Gasteiger partial charge in [-0.05, 0) is 13.8 Å². The highest BCUT2D eigenvalue weighted by molar-refractivity contribution is 7.11. The molecule has 1 saturated heterocycles. The molecule has 1 aromatic rings. The van der Waals surface area contributed by atoms with Crippen molar-refractivity contribution in [3.63, 3.8) is 0 Å². The van der Waals surface area contributed by atoms with Crippen LogP contribution in [0, 0.1) is 6.92 Å². The molecule has 5 nitrogen and oxygen atoms in total. The maximum Gasteiger partial charge on any atom is 0.246 e. The highest BCUT2D eigenvalue weighted by atomic mass is 32.1. The van der Waals surface area contributed by atoms with Crippen LogP contribution < -0.4 is 10.6 Å². The third kappa shape index (κ3) is 3.49. The van der Waals surface area contributed by atoms with Crippen LogP contribution in [0.1, 0.15) is 16.8 Å². The number of carbonyl (C=O) groups excluding carboxylic acids is 1. The maximum absolute atomic E-state index is 11.5. The molecule has 6 heteroatoms. The molecule has 0 spiro atoms. The highest BCUT2D eigenvalue weighted by Crippen LogP contribution is 2.14. The first-order valence-electron chi connectivity index (χ1n) is 5.60. The van der Waals surface area contributed by atoms with Gasteiger partial charge in [0.1, 0.15) is 11.6 Å². The number of hydrogen-bond acceptors (Lipinski definition) is 5. The molecule has 1 aromatic heterocycles. The standard InChI is InChI=1S/C11H17N3O2S/c1-8-3-14-10(17-8)4-13-9(15)5-16-11(2)6-12-7-11/h3,12H,4-7H2,1-2H3,(H,13,15). The molecule has 2 heterocycles. The van der Waals surface area contributed by atoms with E-state index in [4.69, 9.17) is 4.74 Å². The van der Waals surface area contributed by atoms with Crippen molar-refractivity contribution in [3.05, 3.63) is 16.1 Å². The predicted molar refractivity (Wildman–Crippen MR) is 65.9 cm³/mol. The quantitative estimate of drug-likeness (QED) is 0.801. The molecular weight excluding hydrogens is 238 g/mol. The zero-order chi connectivity index (χ0) is 12.3. The van der Waals surface area contributed by atoms with Crippen LogP contribution in [0.15, 0.2) is 6.20 Å². The number of nitrogens with one attached hydrogen (secondary N) is 2. The molecule has 1 fully saturated rings. The average Bonchev–Trinajstić information content (AvgIpc) is 2.67. The Balaban J connectivity index is 1.67. The molecule has 1 aliphatic rings. The number of aromatic nitrogens is 1. The zero-order valence-corrected chi connectivity index (χ0v) is 10.9. The molecule has 0 saturated carbocycles. The van der Waals surface area contributed by atoms with E-state index in [1.807, 2.05) is 20.0 Å². The number of thiazole rings is 1.